The molecule has 0 aliphatic rings. The molecule has 0 saturated heterocycles. The molecule has 2 atom stereocenters. The Balaban J connectivity index is 4.28. The number of carboxylic acids is 1. The van der Waals surface area contributed by atoms with Crippen molar-refractivity contribution >= 4 is 11.8 Å². The topological polar surface area (TPSA) is 141 Å². The van der Waals surface area contributed by atoms with Gasteiger partial charge in [-0.1, -0.05) is 0 Å². The third-order valence-electron chi connectivity index (χ3n) is 1.36. The summed E-state index contributed by atoms with van der Waals surface area (Å²) in [6, 6.07) is 0. The van der Waals surface area contributed by atoms with Crippen LogP contribution in [0.1, 0.15) is 6.42 Å². The van der Waals surface area contributed by atoms with Crippen molar-refractivity contribution in [3.8, 4) is 0 Å². The van der Waals surface area contributed by atoms with Crippen LogP contribution >= 0.6 is 0 Å². The first-order valence-corrected chi connectivity index (χ1v) is 3.37. The predicted molar refractivity (Wildman–Crippen MR) is 39.5 cm³/mol. The van der Waals surface area contributed by atoms with Gasteiger partial charge in [0.2, 0.25) is 5.72 Å². The predicted octanol–water partition coefficient (Wildman–Crippen LogP) is -2.97. The zero-order valence-corrected chi connectivity index (χ0v) is 6.67. The molecule has 0 bridgehead atoms. The lowest BCUT2D eigenvalue weighted by atomic mass is 10.0. The Bertz CT molecular complexity index is 213. The van der Waals surface area contributed by atoms with Crippen molar-refractivity contribution in [3.63, 3.8) is 0 Å². The lowest BCUT2D eigenvalue weighted by Crippen LogP contribution is -2.51. The molecule has 0 aromatic rings. The van der Waals surface area contributed by atoms with Gasteiger partial charge in [-0.05, 0) is 0 Å². The summed E-state index contributed by atoms with van der Waals surface area (Å²) >= 11 is 0. The lowest BCUT2D eigenvalue weighted by molar-refractivity contribution is -0.162. The Kier molecular flexibility index (Phi) is 3.95. The second kappa shape index (κ2) is 4.28. The summed E-state index contributed by atoms with van der Waals surface area (Å²) in [5.41, 5.74) is 2.09. The van der Waals surface area contributed by atoms with Gasteiger partial charge in [-0.3, -0.25) is 10.5 Å². The van der Waals surface area contributed by atoms with Crippen LogP contribution in [0.4, 0.5) is 0 Å². The minimum Gasteiger partial charge on any atom is -0.478 e. The summed E-state index contributed by atoms with van der Waals surface area (Å²) in [6.45, 7) is -0.839. The molecule has 0 fully saturated rings. The lowest BCUT2D eigenvalue weighted by Gasteiger charge is -2.17. The molecule has 0 spiro atoms. The standard InChI is InChI=1S/C6H11NO6/c7-6(13,5(11)12)1-3(9)4(10)2-8/h4,8,10,13H,1-2,7H2,(H,11,12). The molecular weight excluding hydrogens is 182 g/mol. The number of rotatable bonds is 5. The molecule has 0 aliphatic heterocycles. The molecule has 0 aromatic carbocycles. The number of carboxylic acid groups (broad SMARTS) is 1. The summed E-state index contributed by atoms with van der Waals surface area (Å²) in [4.78, 5) is 21.0. The molecule has 2 unspecified atom stereocenters. The van der Waals surface area contributed by atoms with Crippen molar-refractivity contribution in [2.24, 2.45) is 5.73 Å². The fraction of sp³-hybridized carbons (Fsp3) is 0.667. The third-order valence-corrected chi connectivity index (χ3v) is 1.36. The van der Waals surface area contributed by atoms with E-state index in [1.165, 1.54) is 0 Å². The van der Waals surface area contributed by atoms with Crippen molar-refractivity contribution < 1.29 is 30.0 Å². The first-order chi connectivity index (χ1) is 5.81. The fourth-order valence-electron chi connectivity index (χ4n) is 0.561. The zero-order valence-electron chi connectivity index (χ0n) is 6.67. The van der Waals surface area contributed by atoms with E-state index in [9.17, 15) is 9.59 Å². The number of carbonyl (C=O) groups is 2. The van der Waals surface area contributed by atoms with Crippen LogP contribution in [0.3, 0.4) is 0 Å². The number of Topliss-reactive ketones (excluding diaryl/α,β-unsaturated/α-hetero) is 1. The Morgan fingerprint density at radius 3 is 2.23 bits per heavy atom. The number of nitrogens with two attached hydrogens (primary N) is 1. The summed E-state index contributed by atoms with van der Waals surface area (Å²) in [7, 11) is 0. The maximum absolute atomic E-state index is 10.8. The summed E-state index contributed by atoms with van der Waals surface area (Å²) in [5.74, 6) is -2.80. The SMILES string of the molecule is NC(O)(CC(=O)C(O)CO)C(=O)O. The first kappa shape index (κ1) is 12.0. The molecule has 0 radical (unpaired) electrons. The minimum absolute atomic E-state index is 0.839. The number of aliphatic hydroxyl groups is 3. The second-order valence-corrected chi connectivity index (χ2v) is 2.57. The van der Waals surface area contributed by atoms with Gasteiger partial charge >= 0.3 is 5.97 Å². The highest BCUT2D eigenvalue weighted by atomic mass is 16.4. The van der Waals surface area contributed by atoms with Crippen LogP contribution in [0.25, 0.3) is 0 Å². The van der Waals surface area contributed by atoms with Crippen LogP contribution in [0.5, 0.6) is 0 Å². The van der Waals surface area contributed by atoms with Crippen LogP contribution < -0.4 is 5.73 Å². The molecule has 0 aromatic heterocycles. The largest absolute Gasteiger partial charge is 0.478 e. The van der Waals surface area contributed by atoms with Crippen molar-refractivity contribution in [2.45, 2.75) is 18.2 Å². The van der Waals surface area contributed by atoms with E-state index < -0.39 is 36.6 Å². The maximum Gasteiger partial charge on any atom is 0.351 e. The van der Waals surface area contributed by atoms with Crippen molar-refractivity contribution in [3.05, 3.63) is 0 Å². The molecule has 0 aliphatic carbocycles. The molecule has 7 heteroatoms. The highest BCUT2D eigenvalue weighted by Crippen LogP contribution is 2.05. The number of carbonyl (C=O) groups excluding carboxylic acids is 1. The van der Waals surface area contributed by atoms with E-state index in [0.717, 1.165) is 0 Å². The van der Waals surface area contributed by atoms with E-state index in [2.05, 4.69) is 0 Å². The zero-order chi connectivity index (χ0) is 10.6. The number of aliphatic carboxylic acids is 1. The molecule has 0 rings (SSSR count). The minimum atomic E-state index is -2.70. The molecule has 0 amide bonds. The monoisotopic (exact) mass is 193 g/mol. The Morgan fingerprint density at radius 2 is 1.92 bits per heavy atom. The molecule has 0 heterocycles. The number of ketones is 1. The van der Waals surface area contributed by atoms with E-state index in [-0.39, 0.29) is 0 Å². The van der Waals surface area contributed by atoms with Crippen LogP contribution in [-0.4, -0.2) is 50.6 Å². The first-order valence-electron chi connectivity index (χ1n) is 3.37. The van der Waals surface area contributed by atoms with Crippen molar-refractivity contribution in [2.75, 3.05) is 6.61 Å². The van der Waals surface area contributed by atoms with Gasteiger partial charge in [0.25, 0.3) is 0 Å². The summed E-state index contributed by atoms with van der Waals surface area (Å²) < 4.78 is 0. The number of hydrogen-bond acceptors (Lipinski definition) is 6. The average Bonchev–Trinajstić information content (AvgIpc) is 2.01. The fourth-order valence-corrected chi connectivity index (χ4v) is 0.561. The molecule has 7 nitrogen and oxygen atoms in total. The van der Waals surface area contributed by atoms with Gasteiger partial charge in [0.05, 0.1) is 13.0 Å². The van der Waals surface area contributed by atoms with E-state index in [4.69, 9.17) is 26.2 Å². The highest BCUT2D eigenvalue weighted by Gasteiger charge is 2.35. The second-order valence-electron chi connectivity index (χ2n) is 2.57. The molecular formula is C6H11NO6. The van der Waals surface area contributed by atoms with Crippen LogP contribution in [0.2, 0.25) is 0 Å². The van der Waals surface area contributed by atoms with Crippen LogP contribution in [0.15, 0.2) is 0 Å². The third kappa shape index (κ3) is 3.47. The normalized spacial score (nSPS) is 17.5. The van der Waals surface area contributed by atoms with Gasteiger partial charge in [-0.15, -0.1) is 0 Å². The van der Waals surface area contributed by atoms with Gasteiger partial charge in [-0.25, -0.2) is 4.79 Å². The van der Waals surface area contributed by atoms with Crippen LogP contribution in [-0.2, 0) is 9.59 Å². The Hall–Kier alpha value is -1.02. The molecule has 76 valence electrons. The van der Waals surface area contributed by atoms with Gasteiger partial charge in [0.1, 0.15) is 6.10 Å². The maximum atomic E-state index is 10.8. The van der Waals surface area contributed by atoms with E-state index in [0.29, 0.717) is 0 Å². The molecule has 6 N–H and O–H groups in total. The highest BCUT2D eigenvalue weighted by molar-refractivity contribution is 5.89. The van der Waals surface area contributed by atoms with E-state index >= 15 is 0 Å². The van der Waals surface area contributed by atoms with Gasteiger partial charge < -0.3 is 20.4 Å². The smallest absolute Gasteiger partial charge is 0.351 e. The van der Waals surface area contributed by atoms with Crippen LogP contribution in [0, 0.1) is 0 Å². The van der Waals surface area contributed by atoms with Crippen molar-refractivity contribution in [1.82, 2.24) is 0 Å². The average molecular weight is 193 g/mol. The molecule has 13 heavy (non-hydrogen) atoms. The Labute approximate surface area is 73.4 Å². The van der Waals surface area contributed by atoms with E-state index in [1.807, 2.05) is 0 Å². The van der Waals surface area contributed by atoms with Crippen molar-refractivity contribution in [1.29, 1.82) is 0 Å². The Morgan fingerprint density at radius 1 is 1.46 bits per heavy atom. The van der Waals surface area contributed by atoms with Gasteiger partial charge in [0, 0.05) is 0 Å². The number of hydrogen-bond donors (Lipinski definition) is 5. The summed E-state index contributed by atoms with van der Waals surface area (Å²) in [5, 5.41) is 34.2. The number of aliphatic hydroxyl groups excluding tert-OH is 2. The summed E-state index contributed by atoms with van der Waals surface area (Å²) in [6.07, 6.45) is -2.67. The quantitative estimate of drug-likeness (QED) is 0.293. The van der Waals surface area contributed by atoms with Gasteiger partial charge in [0.15, 0.2) is 5.78 Å². The van der Waals surface area contributed by atoms with E-state index in [1.54, 1.807) is 0 Å². The molecule has 0 saturated carbocycles. The van der Waals surface area contributed by atoms with Gasteiger partial charge in [-0.2, -0.15) is 0 Å².